The lowest BCUT2D eigenvalue weighted by Gasteiger charge is -2.35. The predicted molar refractivity (Wildman–Crippen MR) is 159 cm³/mol. The van der Waals surface area contributed by atoms with E-state index in [9.17, 15) is 14.4 Å². The Morgan fingerprint density at radius 3 is 2.34 bits per heavy atom. The molecule has 0 bridgehead atoms. The van der Waals surface area contributed by atoms with Crippen molar-refractivity contribution in [1.29, 1.82) is 0 Å². The first-order valence-electron chi connectivity index (χ1n) is 13.1. The van der Waals surface area contributed by atoms with Gasteiger partial charge in [0, 0.05) is 42.2 Å². The Kier molecular flexibility index (Phi) is 8.10. The first-order valence-corrected chi connectivity index (χ1v) is 13.8. The Hall–Kier alpha value is -4.21. The molecule has 210 valence electrons. The van der Waals surface area contributed by atoms with E-state index in [0.29, 0.717) is 50.5 Å². The average molecular weight is 591 g/mol. The summed E-state index contributed by atoms with van der Waals surface area (Å²) in [6.07, 6.45) is 3.73. The second-order valence-corrected chi connectivity index (χ2v) is 10.7. The molecule has 9 nitrogen and oxygen atoms in total. The zero-order valence-electron chi connectivity index (χ0n) is 22.7. The van der Waals surface area contributed by atoms with Crippen molar-refractivity contribution in [3.63, 3.8) is 0 Å². The monoisotopic (exact) mass is 590 g/mol. The van der Waals surface area contributed by atoms with Crippen LogP contribution < -0.4 is 16.2 Å². The van der Waals surface area contributed by atoms with Crippen LogP contribution in [-0.2, 0) is 13.0 Å². The number of carbonyl (C=O) groups excluding carboxylic acids is 2. The van der Waals surface area contributed by atoms with Crippen LogP contribution in [0.25, 0.3) is 5.69 Å². The van der Waals surface area contributed by atoms with Crippen LogP contribution in [0, 0.1) is 0 Å². The fourth-order valence-electron chi connectivity index (χ4n) is 4.90. The topological polar surface area (TPSA) is 109 Å². The summed E-state index contributed by atoms with van der Waals surface area (Å²) in [4.78, 5) is 50.3. The molecule has 1 aliphatic rings. The number of halogens is 2. The molecule has 0 aliphatic carbocycles. The predicted octanol–water partition coefficient (Wildman–Crippen LogP) is 5.05. The lowest BCUT2D eigenvalue weighted by molar-refractivity contribution is 0.0653. The lowest BCUT2D eigenvalue weighted by Crippen LogP contribution is -2.46. The molecule has 0 spiro atoms. The first-order chi connectivity index (χ1) is 19.7. The van der Waals surface area contributed by atoms with Crippen molar-refractivity contribution < 1.29 is 9.59 Å². The van der Waals surface area contributed by atoms with Gasteiger partial charge in [-0.3, -0.25) is 19.4 Å². The van der Waals surface area contributed by atoms with E-state index < -0.39 is 0 Å². The van der Waals surface area contributed by atoms with Gasteiger partial charge in [-0.05, 0) is 80.4 Å². The second-order valence-electron chi connectivity index (χ2n) is 9.89. The van der Waals surface area contributed by atoms with Gasteiger partial charge in [-0.15, -0.1) is 0 Å². The largest absolute Gasteiger partial charge is 0.355 e. The molecule has 0 saturated heterocycles. The standard InChI is InChI=1S/C30H28Cl2N6O3/c1-17-14-23-26(16-37(17)28(40)21-6-9-24(31)25(32)15-21)36-30(35-18(2)19-10-12-34-13-11-19)38(29(23)41)22-7-4-20(5-8-22)27(39)33-3/h4-13,15,17-18H,14,16H2,1-3H3,(H,33,39)(H,35,36)/t17-,18+/m1/s1. The number of benzene rings is 2. The molecule has 2 amide bonds. The molecule has 2 atom stereocenters. The number of aromatic nitrogens is 3. The molecular formula is C30H28Cl2N6O3. The van der Waals surface area contributed by atoms with E-state index >= 15 is 0 Å². The minimum atomic E-state index is -0.266. The van der Waals surface area contributed by atoms with Gasteiger partial charge in [0.15, 0.2) is 0 Å². The minimum absolute atomic E-state index is 0.152. The summed E-state index contributed by atoms with van der Waals surface area (Å²) < 4.78 is 1.52. The van der Waals surface area contributed by atoms with E-state index in [1.54, 1.807) is 66.8 Å². The summed E-state index contributed by atoms with van der Waals surface area (Å²) in [7, 11) is 1.56. The van der Waals surface area contributed by atoms with Crippen molar-refractivity contribution in [3.8, 4) is 5.69 Å². The van der Waals surface area contributed by atoms with Crippen molar-refractivity contribution in [2.24, 2.45) is 0 Å². The van der Waals surface area contributed by atoms with Gasteiger partial charge in [0.2, 0.25) is 5.95 Å². The SMILES string of the molecule is CNC(=O)c1ccc(-n2c(N[C@@H](C)c3ccncc3)nc3c(c2=O)C[C@@H](C)N(C(=O)c2ccc(Cl)c(Cl)c2)C3)cc1. The third-order valence-corrected chi connectivity index (χ3v) is 7.95. The molecule has 5 rings (SSSR count). The number of nitrogens with one attached hydrogen (secondary N) is 2. The molecule has 2 aromatic heterocycles. The maximum atomic E-state index is 14.1. The highest BCUT2D eigenvalue weighted by molar-refractivity contribution is 6.42. The highest BCUT2D eigenvalue weighted by Gasteiger charge is 2.32. The Morgan fingerprint density at radius 2 is 1.68 bits per heavy atom. The highest BCUT2D eigenvalue weighted by Crippen LogP contribution is 2.28. The van der Waals surface area contributed by atoms with Crippen molar-refractivity contribution >= 4 is 41.0 Å². The summed E-state index contributed by atoms with van der Waals surface area (Å²) in [6.45, 7) is 4.01. The number of fused-ring (bicyclic) bond motifs is 1. The number of rotatable bonds is 6. The van der Waals surface area contributed by atoms with Gasteiger partial charge < -0.3 is 15.5 Å². The van der Waals surface area contributed by atoms with Gasteiger partial charge in [0.25, 0.3) is 17.4 Å². The van der Waals surface area contributed by atoms with Gasteiger partial charge in [-0.25, -0.2) is 9.55 Å². The van der Waals surface area contributed by atoms with E-state index in [4.69, 9.17) is 28.2 Å². The van der Waals surface area contributed by atoms with Gasteiger partial charge in [-0.1, -0.05) is 23.2 Å². The summed E-state index contributed by atoms with van der Waals surface area (Å²) in [5.41, 5.74) is 3.21. The highest BCUT2D eigenvalue weighted by atomic mass is 35.5. The number of carbonyl (C=O) groups is 2. The molecule has 0 fully saturated rings. The quantitative estimate of drug-likeness (QED) is 0.325. The van der Waals surface area contributed by atoms with Crippen LogP contribution in [0.4, 0.5) is 5.95 Å². The number of nitrogens with zero attached hydrogens (tertiary/aromatic N) is 4. The Balaban J connectivity index is 1.57. The summed E-state index contributed by atoms with van der Waals surface area (Å²) in [6, 6.07) is 14.8. The van der Waals surface area contributed by atoms with E-state index in [2.05, 4.69) is 15.6 Å². The second kappa shape index (κ2) is 11.7. The van der Waals surface area contributed by atoms with E-state index in [-0.39, 0.29) is 36.0 Å². The first kappa shape index (κ1) is 28.3. The average Bonchev–Trinajstić information content (AvgIpc) is 2.98. The molecular weight excluding hydrogens is 563 g/mol. The molecule has 41 heavy (non-hydrogen) atoms. The molecule has 0 saturated carbocycles. The number of amides is 2. The summed E-state index contributed by atoms with van der Waals surface area (Å²) in [5.74, 6) is -0.128. The third kappa shape index (κ3) is 5.68. The maximum absolute atomic E-state index is 14.1. The van der Waals surface area contributed by atoms with Gasteiger partial charge in [-0.2, -0.15) is 0 Å². The van der Waals surface area contributed by atoms with Crippen molar-refractivity contribution in [1.82, 2.24) is 24.8 Å². The van der Waals surface area contributed by atoms with Crippen LogP contribution in [0.2, 0.25) is 10.0 Å². The summed E-state index contributed by atoms with van der Waals surface area (Å²) >= 11 is 12.2. The Labute approximate surface area is 247 Å². The smallest absolute Gasteiger partial charge is 0.263 e. The van der Waals surface area contributed by atoms with Crippen LogP contribution in [0.3, 0.4) is 0 Å². The number of anilines is 1. The molecule has 0 unspecified atom stereocenters. The Morgan fingerprint density at radius 1 is 1.00 bits per heavy atom. The number of hydrogen-bond donors (Lipinski definition) is 2. The molecule has 11 heteroatoms. The van der Waals surface area contributed by atoms with Crippen molar-refractivity contribution in [2.75, 3.05) is 12.4 Å². The van der Waals surface area contributed by atoms with Crippen LogP contribution in [0.15, 0.2) is 71.8 Å². The zero-order valence-corrected chi connectivity index (χ0v) is 24.2. The van der Waals surface area contributed by atoms with Crippen LogP contribution in [0.1, 0.15) is 57.4 Å². The van der Waals surface area contributed by atoms with E-state index in [1.165, 1.54) is 4.57 Å². The minimum Gasteiger partial charge on any atom is -0.355 e. The Bertz CT molecular complexity index is 1670. The molecule has 2 N–H and O–H groups in total. The normalized spacial score (nSPS) is 15.1. The molecule has 0 radical (unpaired) electrons. The van der Waals surface area contributed by atoms with Gasteiger partial charge >= 0.3 is 0 Å². The fourth-order valence-corrected chi connectivity index (χ4v) is 5.20. The molecule has 2 aromatic carbocycles. The molecule has 1 aliphatic heterocycles. The molecule has 3 heterocycles. The fraction of sp³-hybridized carbons (Fsp3) is 0.233. The van der Waals surface area contributed by atoms with Crippen LogP contribution in [0.5, 0.6) is 0 Å². The van der Waals surface area contributed by atoms with Crippen LogP contribution in [-0.4, -0.2) is 44.3 Å². The third-order valence-electron chi connectivity index (χ3n) is 7.21. The van der Waals surface area contributed by atoms with E-state index in [1.807, 2.05) is 26.0 Å². The van der Waals surface area contributed by atoms with Gasteiger partial charge in [0.1, 0.15) is 0 Å². The van der Waals surface area contributed by atoms with Gasteiger partial charge in [0.05, 0.1) is 34.0 Å². The van der Waals surface area contributed by atoms with Crippen molar-refractivity contribution in [3.05, 3.63) is 115 Å². The lowest BCUT2D eigenvalue weighted by atomic mass is 9.98. The zero-order chi connectivity index (χ0) is 29.3. The summed E-state index contributed by atoms with van der Waals surface area (Å²) in [5, 5.41) is 6.64. The van der Waals surface area contributed by atoms with Crippen molar-refractivity contribution in [2.45, 2.75) is 38.9 Å². The molecule has 4 aromatic rings. The van der Waals surface area contributed by atoms with E-state index in [0.717, 1.165) is 5.56 Å². The number of pyridine rings is 1. The van der Waals surface area contributed by atoms with Crippen LogP contribution >= 0.6 is 23.2 Å². The maximum Gasteiger partial charge on any atom is 0.263 e. The number of hydrogen-bond acceptors (Lipinski definition) is 6.